The Morgan fingerprint density at radius 2 is 0.714 bits per heavy atom. The summed E-state index contributed by atoms with van der Waals surface area (Å²) in [6.45, 7) is 15.0. The summed E-state index contributed by atoms with van der Waals surface area (Å²) in [5.74, 6) is 0. The lowest BCUT2D eigenvalue weighted by atomic mass is 10.2. The molecular weight excluding hydrogens is 746 g/mol. The lowest BCUT2D eigenvalue weighted by molar-refractivity contribution is -0.393. The van der Waals surface area contributed by atoms with Gasteiger partial charge in [-0.3, -0.25) is 20.2 Å². The Balaban J connectivity index is 1.68. The third-order valence-electron chi connectivity index (χ3n) is 7.06. The molecule has 0 spiro atoms. The molecule has 0 heterocycles. The number of benzene rings is 1. The summed E-state index contributed by atoms with van der Waals surface area (Å²) in [5, 5.41) is 24.8. The van der Waals surface area contributed by atoms with Crippen LogP contribution in [0.1, 0.15) is 19.8 Å². The van der Waals surface area contributed by atoms with Crippen molar-refractivity contribution in [3.8, 4) is 0 Å². The highest BCUT2D eigenvalue weighted by Crippen LogP contribution is 2.28. The van der Waals surface area contributed by atoms with Crippen LogP contribution in [-0.2, 0) is 61.6 Å². The number of nitro groups is 2. The van der Waals surface area contributed by atoms with Gasteiger partial charge in [0.15, 0.2) is 0 Å². The van der Waals surface area contributed by atoms with Crippen LogP contribution in [0.2, 0.25) is 0 Å². The highest BCUT2D eigenvalue weighted by atomic mass is 16.6. The number of nitrogens with zero attached hydrogens (tertiary/aromatic N) is 2. The van der Waals surface area contributed by atoms with Crippen LogP contribution in [0, 0.1) is 20.2 Å². The van der Waals surface area contributed by atoms with E-state index >= 15 is 0 Å². The minimum absolute atomic E-state index is 0.184. The lowest BCUT2D eigenvalue weighted by Gasteiger charge is -2.09. The van der Waals surface area contributed by atoms with E-state index in [1.54, 1.807) is 0 Å². The summed E-state index contributed by atoms with van der Waals surface area (Å²) in [7, 11) is 0. The molecule has 1 rings (SSSR count). The van der Waals surface area contributed by atoms with Crippen molar-refractivity contribution in [1.29, 1.82) is 0 Å². The second kappa shape index (κ2) is 40.5. The minimum Gasteiger partial charge on any atom is -0.379 e. The Bertz CT molecular complexity index is 1050. The van der Waals surface area contributed by atoms with E-state index in [0.717, 1.165) is 25.5 Å². The molecule has 1 aromatic carbocycles. The second-order valence-electron chi connectivity index (χ2n) is 11.5. The third kappa shape index (κ3) is 33.4. The number of ether oxygens (including phenoxy) is 13. The van der Waals surface area contributed by atoms with Gasteiger partial charge in [0, 0.05) is 19.2 Å². The number of anilines is 1. The fraction of sp³-hybridized carbons (Fsp3) is 0.833. The van der Waals surface area contributed by atoms with E-state index in [9.17, 15) is 20.2 Å². The number of hydrogen-bond donors (Lipinski definition) is 1. The number of non-ortho nitro benzene ring substituents is 1. The fourth-order valence-electron chi connectivity index (χ4n) is 4.18. The fourth-order valence-corrected chi connectivity index (χ4v) is 4.18. The molecule has 0 saturated heterocycles. The zero-order chi connectivity index (χ0) is 40.4. The SMILES string of the molecule is CCCCOCCOCCOCCOCCOCCOCCOCCOCCOCCOCCOCCOCCOCCNc1ccc([N+](=O)[O-])cc1[N+](=O)[O-]. The quantitative estimate of drug-likeness (QED) is 0.0569. The highest BCUT2D eigenvalue weighted by Gasteiger charge is 2.19. The van der Waals surface area contributed by atoms with Crippen LogP contribution in [-0.4, -0.2) is 188 Å². The van der Waals surface area contributed by atoms with E-state index in [-0.39, 0.29) is 30.2 Å². The largest absolute Gasteiger partial charge is 0.379 e. The predicted octanol–water partition coefficient (Wildman–Crippen LogP) is 2.93. The van der Waals surface area contributed by atoms with E-state index in [1.807, 2.05) is 0 Å². The highest BCUT2D eigenvalue weighted by molar-refractivity contribution is 5.65. The molecule has 20 nitrogen and oxygen atoms in total. The van der Waals surface area contributed by atoms with Crippen LogP contribution in [0.15, 0.2) is 18.2 Å². The molecule has 56 heavy (non-hydrogen) atoms. The summed E-state index contributed by atoms with van der Waals surface area (Å²) >= 11 is 0. The normalized spacial score (nSPS) is 11.4. The first-order chi connectivity index (χ1) is 27.6. The van der Waals surface area contributed by atoms with E-state index in [2.05, 4.69) is 12.2 Å². The summed E-state index contributed by atoms with van der Waals surface area (Å²) < 4.78 is 71.0. The van der Waals surface area contributed by atoms with Gasteiger partial charge in [0.1, 0.15) is 5.69 Å². The molecule has 20 heteroatoms. The van der Waals surface area contributed by atoms with Crippen LogP contribution in [0.5, 0.6) is 0 Å². The van der Waals surface area contributed by atoms with Crippen molar-refractivity contribution in [2.45, 2.75) is 19.8 Å². The van der Waals surface area contributed by atoms with E-state index in [0.29, 0.717) is 159 Å². The van der Waals surface area contributed by atoms with Crippen molar-refractivity contribution < 1.29 is 71.4 Å². The molecule has 0 atom stereocenters. The molecule has 0 bridgehead atoms. The second-order valence-corrected chi connectivity index (χ2v) is 11.5. The van der Waals surface area contributed by atoms with Crippen LogP contribution in [0.4, 0.5) is 17.1 Å². The molecule has 0 saturated carbocycles. The Morgan fingerprint density at radius 1 is 0.429 bits per heavy atom. The molecule has 1 N–H and O–H groups in total. The number of nitrogens with one attached hydrogen (secondary N) is 1. The van der Waals surface area contributed by atoms with Crippen molar-refractivity contribution in [2.75, 3.05) is 184 Å². The summed E-state index contributed by atoms with van der Waals surface area (Å²) in [5.41, 5.74) is -0.529. The van der Waals surface area contributed by atoms with Crippen molar-refractivity contribution in [2.24, 2.45) is 0 Å². The molecule has 0 aliphatic heterocycles. The number of rotatable bonds is 45. The van der Waals surface area contributed by atoms with Gasteiger partial charge in [-0.15, -0.1) is 0 Å². The van der Waals surface area contributed by atoms with Gasteiger partial charge in [0.2, 0.25) is 0 Å². The van der Waals surface area contributed by atoms with E-state index in [4.69, 9.17) is 61.6 Å². The predicted molar refractivity (Wildman–Crippen MR) is 204 cm³/mol. The van der Waals surface area contributed by atoms with Crippen molar-refractivity contribution in [3.05, 3.63) is 38.4 Å². The summed E-state index contributed by atoms with van der Waals surface area (Å²) in [6.07, 6.45) is 2.22. The Kier molecular flexibility index (Phi) is 37.1. The van der Waals surface area contributed by atoms with Gasteiger partial charge in [0.25, 0.3) is 11.4 Å². The van der Waals surface area contributed by atoms with E-state index in [1.165, 1.54) is 12.1 Å². The standard InChI is InChI=1S/C36H65N3O17/c1-2-3-7-44-9-11-46-13-15-48-17-19-50-21-23-52-25-27-54-29-31-56-32-30-55-28-26-53-24-22-51-20-18-49-16-14-47-12-10-45-8-6-37-35-5-4-34(38(40)41)33-36(35)39(42)43/h4-5,33,37H,2-3,6-32H2,1H3. The zero-order valence-corrected chi connectivity index (χ0v) is 33.1. The van der Waals surface area contributed by atoms with Gasteiger partial charge < -0.3 is 66.9 Å². The maximum absolute atomic E-state index is 11.2. The van der Waals surface area contributed by atoms with Gasteiger partial charge >= 0.3 is 0 Å². The molecule has 0 radical (unpaired) electrons. The molecular formula is C36H65N3O17. The average Bonchev–Trinajstić information content (AvgIpc) is 3.19. The van der Waals surface area contributed by atoms with Crippen LogP contribution < -0.4 is 5.32 Å². The number of hydrogen-bond acceptors (Lipinski definition) is 18. The van der Waals surface area contributed by atoms with Gasteiger partial charge in [-0.2, -0.15) is 0 Å². The van der Waals surface area contributed by atoms with Crippen LogP contribution in [0.3, 0.4) is 0 Å². The molecule has 0 amide bonds. The topological polar surface area (TPSA) is 218 Å². The average molecular weight is 812 g/mol. The summed E-state index contributed by atoms with van der Waals surface area (Å²) in [6, 6.07) is 3.43. The van der Waals surface area contributed by atoms with E-state index < -0.39 is 9.85 Å². The first kappa shape index (κ1) is 51.3. The van der Waals surface area contributed by atoms with Crippen LogP contribution in [0.25, 0.3) is 0 Å². The number of unbranched alkanes of at least 4 members (excludes halogenated alkanes) is 1. The molecule has 0 aromatic heterocycles. The third-order valence-corrected chi connectivity index (χ3v) is 7.06. The molecule has 1 aromatic rings. The molecule has 0 unspecified atom stereocenters. The first-order valence-corrected chi connectivity index (χ1v) is 19.2. The monoisotopic (exact) mass is 811 g/mol. The van der Waals surface area contributed by atoms with Crippen molar-refractivity contribution >= 4 is 17.1 Å². The van der Waals surface area contributed by atoms with Crippen molar-refractivity contribution in [3.63, 3.8) is 0 Å². The molecule has 0 aliphatic carbocycles. The van der Waals surface area contributed by atoms with Crippen molar-refractivity contribution in [1.82, 2.24) is 0 Å². The smallest absolute Gasteiger partial charge is 0.299 e. The Morgan fingerprint density at radius 3 is 0.982 bits per heavy atom. The van der Waals surface area contributed by atoms with Gasteiger partial charge in [-0.05, 0) is 12.5 Å². The maximum Gasteiger partial charge on any atom is 0.299 e. The number of nitro benzene ring substituents is 2. The Hall–Kier alpha value is -2.70. The molecule has 0 fully saturated rings. The molecule has 0 aliphatic rings. The van der Waals surface area contributed by atoms with Gasteiger partial charge in [-0.1, -0.05) is 13.3 Å². The first-order valence-electron chi connectivity index (χ1n) is 19.2. The van der Waals surface area contributed by atoms with Crippen LogP contribution >= 0.6 is 0 Å². The lowest BCUT2D eigenvalue weighted by Crippen LogP contribution is -2.16. The van der Waals surface area contributed by atoms with Gasteiger partial charge in [-0.25, -0.2) is 0 Å². The Labute approximate surface area is 330 Å². The zero-order valence-electron chi connectivity index (χ0n) is 33.1. The maximum atomic E-state index is 11.2. The molecule has 326 valence electrons. The van der Waals surface area contributed by atoms with Gasteiger partial charge in [0.05, 0.1) is 181 Å². The summed E-state index contributed by atoms with van der Waals surface area (Å²) in [4.78, 5) is 20.6. The minimum atomic E-state index is -0.681.